The molecule has 11 heteroatoms. The summed E-state index contributed by atoms with van der Waals surface area (Å²) in [5, 5.41) is 44.8. The van der Waals surface area contributed by atoms with Gasteiger partial charge in [0.1, 0.15) is 24.4 Å². The van der Waals surface area contributed by atoms with Crippen molar-refractivity contribution in [3.63, 3.8) is 0 Å². The smallest absolute Gasteiger partial charge is 0.286 e. The first-order valence-corrected chi connectivity index (χ1v) is 12.1. The summed E-state index contributed by atoms with van der Waals surface area (Å²) in [4.78, 5) is 29.9. The maximum Gasteiger partial charge on any atom is 0.286 e. The molecule has 1 saturated heterocycles. The molecule has 0 radical (unpaired) electrons. The first-order valence-electron chi connectivity index (χ1n) is 12.1. The van der Waals surface area contributed by atoms with Gasteiger partial charge in [0.15, 0.2) is 6.23 Å². The Morgan fingerprint density at radius 3 is 2.32 bits per heavy atom. The number of nitrogens with one attached hydrogen (secondary N) is 1. The van der Waals surface area contributed by atoms with E-state index >= 15 is 0 Å². The Bertz CT molecular complexity index is 1800. The van der Waals surface area contributed by atoms with Crippen LogP contribution in [0.15, 0.2) is 48.5 Å². The average molecular weight is 517 g/mol. The highest BCUT2D eigenvalue weighted by Gasteiger charge is 2.47. The second-order valence-electron chi connectivity index (χ2n) is 9.63. The molecule has 0 saturated carbocycles. The fourth-order valence-electron chi connectivity index (χ4n) is 6.16. The molecule has 1 fully saturated rings. The Kier molecular flexibility index (Phi) is 4.95. The summed E-state index contributed by atoms with van der Waals surface area (Å²) >= 11 is 0. The normalized spacial score (nSPS) is 25.9. The quantitative estimate of drug-likeness (QED) is 0.180. The van der Waals surface area contributed by atoms with Gasteiger partial charge in [0.05, 0.1) is 34.3 Å². The lowest BCUT2D eigenvalue weighted by Crippen LogP contribution is -2.57. The molecule has 38 heavy (non-hydrogen) atoms. The molecule has 0 aliphatic carbocycles. The average Bonchev–Trinajstić information content (AvgIpc) is 3.55. The third-order valence-corrected chi connectivity index (χ3v) is 7.78. The lowest BCUT2D eigenvalue weighted by molar-refractivity contribution is -0.255. The SMILES string of the molecule is CO[C@H]1[C@H](O)[C@@H](O)[C@H](n2c3ccccc3c3c4c(c5c6ccccc6[nH]c5c32)C(=O)N(O)C4=O)O[C@@H]1CO. The van der Waals surface area contributed by atoms with Gasteiger partial charge >= 0.3 is 0 Å². The van der Waals surface area contributed by atoms with E-state index in [-0.39, 0.29) is 16.2 Å². The van der Waals surface area contributed by atoms with Crippen LogP contribution in [-0.2, 0) is 9.47 Å². The Hall–Kier alpha value is -3.84. The summed E-state index contributed by atoms with van der Waals surface area (Å²) in [6, 6.07) is 14.4. The summed E-state index contributed by atoms with van der Waals surface area (Å²) in [6.07, 6.45) is -5.99. The van der Waals surface area contributed by atoms with Gasteiger partial charge < -0.3 is 34.3 Å². The van der Waals surface area contributed by atoms with E-state index in [4.69, 9.17) is 9.47 Å². The van der Waals surface area contributed by atoms with Crippen LogP contribution in [0.2, 0.25) is 0 Å². The van der Waals surface area contributed by atoms with Gasteiger partial charge in [-0.2, -0.15) is 0 Å². The minimum Gasteiger partial charge on any atom is -0.394 e. The number of amides is 2. The number of imide groups is 1. The van der Waals surface area contributed by atoms with Gasteiger partial charge in [0.25, 0.3) is 11.8 Å². The van der Waals surface area contributed by atoms with Crippen LogP contribution in [0.1, 0.15) is 26.9 Å². The van der Waals surface area contributed by atoms with Crippen molar-refractivity contribution in [2.45, 2.75) is 30.6 Å². The molecule has 2 aromatic heterocycles. The number of fused-ring (bicyclic) bond motifs is 10. The van der Waals surface area contributed by atoms with E-state index in [1.807, 2.05) is 18.2 Å². The van der Waals surface area contributed by atoms with Crippen molar-refractivity contribution in [2.24, 2.45) is 0 Å². The van der Waals surface area contributed by atoms with Crippen molar-refractivity contribution in [1.82, 2.24) is 14.6 Å². The van der Waals surface area contributed by atoms with E-state index in [9.17, 15) is 30.1 Å². The van der Waals surface area contributed by atoms with Crippen LogP contribution < -0.4 is 0 Å². The fraction of sp³-hybridized carbons (Fsp3) is 0.259. The number of aromatic nitrogens is 2. The van der Waals surface area contributed by atoms with Crippen molar-refractivity contribution in [3.05, 3.63) is 59.7 Å². The van der Waals surface area contributed by atoms with Crippen LogP contribution in [0.4, 0.5) is 0 Å². The van der Waals surface area contributed by atoms with Gasteiger partial charge in [-0.25, -0.2) is 0 Å². The number of carbonyl (C=O) groups excluding carboxylic acids is 2. The number of benzene rings is 3. The number of para-hydroxylation sites is 2. The standard InChI is InChI=1S/C27H23N3O8/c1-37-24-15(10-31)38-27(23(33)22(24)32)29-14-9-5-3-7-12(14)17-19-18(25(34)30(36)26(19)35)16-11-6-2-4-8-13(11)28-20(16)21(17)29/h2-9,15,22-24,27-28,31-33,36H,10H2,1H3/t15-,22-,23-,24-,27-/m1/s1. The number of ether oxygens (including phenoxy) is 2. The summed E-state index contributed by atoms with van der Waals surface area (Å²) in [6.45, 7) is -0.473. The molecule has 5 N–H and O–H groups in total. The van der Waals surface area contributed by atoms with Crippen LogP contribution >= 0.6 is 0 Å². The van der Waals surface area contributed by atoms with Gasteiger partial charge in [0, 0.05) is 34.2 Å². The van der Waals surface area contributed by atoms with Crippen LogP contribution in [0.3, 0.4) is 0 Å². The molecule has 0 spiro atoms. The number of carbonyl (C=O) groups is 2. The molecule has 2 amide bonds. The van der Waals surface area contributed by atoms with E-state index in [0.717, 1.165) is 0 Å². The number of H-pyrrole nitrogens is 1. The topological polar surface area (TPSA) is 157 Å². The molecule has 5 aromatic rings. The van der Waals surface area contributed by atoms with Crippen LogP contribution in [0, 0.1) is 0 Å². The number of aliphatic hydroxyl groups is 3. The fourth-order valence-corrected chi connectivity index (χ4v) is 6.16. The third kappa shape index (κ3) is 2.77. The van der Waals surface area contributed by atoms with E-state index in [2.05, 4.69) is 4.98 Å². The predicted octanol–water partition coefficient (Wildman–Crippen LogP) is 2.04. The van der Waals surface area contributed by atoms with Gasteiger partial charge in [-0.3, -0.25) is 14.8 Å². The van der Waals surface area contributed by atoms with E-state index < -0.39 is 49.1 Å². The molecular formula is C27H23N3O8. The molecule has 4 heterocycles. The summed E-state index contributed by atoms with van der Waals surface area (Å²) in [5.41, 5.74) is 2.31. The molecule has 194 valence electrons. The minimum atomic E-state index is -1.47. The predicted molar refractivity (Wildman–Crippen MR) is 135 cm³/mol. The van der Waals surface area contributed by atoms with Gasteiger partial charge in [-0.05, 0) is 12.1 Å². The second-order valence-corrected chi connectivity index (χ2v) is 9.63. The Morgan fingerprint density at radius 1 is 0.947 bits per heavy atom. The largest absolute Gasteiger partial charge is 0.394 e. The first-order chi connectivity index (χ1) is 18.4. The first kappa shape index (κ1) is 23.3. The molecule has 0 bridgehead atoms. The number of nitrogens with zero attached hydrogens (tertiary/aromatic N) is 2. The van der Waals surface area contributed by atoms with Gasteiger partial charge in [0.2, 0.25) is 0 Å². The number of hydrogen-bond donors (Lipinski definition) is 5. The highest BCUT2D eigenvalue weighted by Crippen LogP contribution is 2.47. The van der Waals surface area contributed by atoms with Gasteiger partial charge in [-0.15, -0.1) is 5.06 Å². The molecule has 7 rings (SSSR count). The van der Waals surface area contributed by atoms with Crippen molar-refractivity contribution < 1.29 is 39.6 Å². The summed E-state index contributed by atoms with van der Waals surface area (Å²) < 4.78 is 13.1. The van der Waals surface area contributed by atoms with Crippen molar-refractivity contribution >= 4 is 55.4 Å². The number of hydroxylamine groups is 2. The molecular weight excluding hydrogens is 494 g/mol. The lowest BCUT2D eigenvalue weighted by atomic mass is 9.96. The highest BCUT2D eigenvalue weighted by molar-refractivity contribution is 6.38. The highest BCUT2D eigenvalue weighted by atomic mass is 16.6. The zero-order valence-corrected chi connectivity index (χ0v) is 20.0. The monoisotopic (exact) mass is 517 g/mol. The maximum atomic E-state index is 13.3. The Morgan fingerprint density at radius 2 is 1.61 bits per heavy atom. The summed E-state index contributed by atoms with van der Waals surface area (Å²) in [7, 11) is 1.36. The molecule has 3 aromatic carbocycles. The number of hydrogen-bond acceptors (Lipinski definition) is 8. The zero-order valence-electron chi connectivity index (χ0n) is 20.0. The van der Waals surface area contributed by atoms with Crippen LogP contribution in [-0.4, -0.2) is 85.1 Å². The zero-order chi connectivity index (χ0) is 26.5. The van der Waals surface area contributed by atoms with E-state index in [1.54, 1.807) is 34.9 Å². The van der Waals surface area contributed by atoms with E-state index in [1.165, 1.54) is 7.11 Å². The summed E-state index contributed by atoms with van der Waals surface area (Å²) in [5.74, 6) is -1.69. The van der Waals surface area contributed by atoms with Crippen molar-refractivity contribution in [2.75, 3.05) is 13.7 Å². The number of aromatic amines is 1. The lowest BCUT2D eigenvalue weighted by Gasteiger charge is -2.42. The molecule has 2 aliphatic rings. The number of rotatable bonds is 3. The molecule has 5 atom stereocenters. The van der Waals surface area contributed by atoms with Crippen molar-refractivity contribution in [3.8, 4) is 0 Å². The minimum absolute atomic E-state index is 0.0408. The Balaban J connectivity index is 1.68. The Labute approximate surface area is 214 Å². The maximum absolute atomic E-state index is 13.3. The number of aliphatic hydroxyl groups excluding tert-OH is 3. The second kappa shape index (κ2) is 8.08. The molecule has 11 nitrogen and oxygen atoms in total. The molecule has 0 unspecified atom stereocenters. The third-order valence-electron chi connectivity index (χ3n) is 7.78. The van der Waals surface area contributed by atoms with Crippen LogP contribution in [0.25, 0.3) is 43.6 Å². The van der Waals surface area contributed by atoms with Crippen molar-refractivity contribution in [1.29, 1.82) is 0 Å². The van der Waals surface area contributed by atoms with Gasteiger partial charge in [-0.1, -0.05) is 36.4 Å². The van der Waals surface area contributed by atoms with E-state index in [0.29, 0.717) is 43.6 Å². The molecule has 2 aliphatic heterocycles. The number of methoxy groups -OCH3 is 1. The van der Waals surface area contributed by atoms with Crippen LogP contribution in [0.5, 0.6) is 0 Å².